The van der Waals surface area contributed by atoms with E-state index in [1.807, 2.05) is 6.08 Å². The highest BCUT2D eigenvalue weighted by atomic mass is 32.2. The number of thioether (sulfide) groups is 1. The molecule has 60 valence electrons. The average Bonchev–Trinajstić information content (AvgIpc) is 2.50. The van der Waals surface area contributed by atoms with Crippen molar-refractivity contribution in [3.8, 4) is 0 Å². The first-order valence-electron chi connectivity index (χ1n) is 3.08. The lowest BCUT2D eigenvalue weighted by atomic mass is 10.6. The fraction of sp³-hybridized carbons (Fsp3) is 0.333. The molecule has 2 nitrogen and oxygen atoms in total. The van der Waals surface area contributed by atoms with E-state index in [9.17, 15) is 0 Å². The molecule has 0 spiro atoms. The van der Waals surface area contributed by atoms with Crippen molar-refractivity contribution in [3.05, 3.63) is 17.7 Å². The smallest absolute Gasteiger partial charge is 0.174 e. The van der Waals surface area contributed by atoms with Crippen LogP contribution in [0.15, 0.2) is 22.0 Å². The third kappa shape index (κ3) is 3.79. The normalized spacial score (nSPS) is 11.0. The SMILES string of the molecule is SCC=CCSc1nncs1. The Hall–Kier alpha value is -0.0000000000000000833. The lowest BCUT2D eigenvalue weighted by Crippen LogP contribution is -1.73. The van der Waals surface area contributed by atoms with Gasteiger partial charge in [0.2, 0.25) is 0 Å². The van der Waals surface area contributed by atoms with E-state index in [2.05, 4.69) is 28.9 Å². The van der Waals surface area contributed by atoms with Crippen molar-refractivity contribution in [3.63, 3.8) is 0 Å². The standard InChI is InChI=1S/C6H8N2S3/c9-3-1-2-4-10-6-8-7-5-11-6/h1-2,5,9H,3-4H2. The highest BCUT2D eigenvalue weighted by Crippen LogP contribution is 2.18. The molecule has 1 heterocycles. The zero-order valence-electron chi connectivity index (χ0n) is 5.80. The summed E-state index contributed by atoms with van der Waals surface area (Å²) in [6, 6.07) is 0. The molecule has 0 saturated heterocycles. The minimum atomic E-state index is 0.802. The number of aromatic nitrogens is 2. The summed E-state index contributed by atoms with van der Waals surface area (Å²) in [5, 5.41) is 7.62. The summed E-state index contributed by atoms with van der Waals surface area (Å²) in [5.74, 6) is 1.76. The molecule has 0 amide bonds. The first kappa shape index (κ1) is 9.09. The molecule has 0 saturated carbocycles. The van der Waals surface area contributed by atoms with Crippen LogP contribution in [0.25, 0.3) is 0 Å². The van der Waals surface area contributed by atoms with Crippen molar-refractivity contribution in [1.82, 2.24) is 10.2 Å². The molecule has 11 heavy (non-hydrogen) atoms. The predicted molar refractivity (Wildman–Crippen MR) is 53.6 cm³/mol. The minimum absolute atomic E-state index is 0.802. The first-order valence-corrected chi connectivity index (χ1v) is 5.58. The summed E-state index contributed by atoms with van der Waals surface area (Å²) < 4.78 is 1.02. The maximum Gasteiger partial charge on any atom is 0.174 e. The van der Waals surface area contributed by atoms with Gasteiger partial charge in [0.25, 0.3) is 0 Å². The molecule has 1 aromatic rings. The topological polar surface area (TPSA) is 25.8 Å². The van der Waals surface area contributed by atoms with Gasteiger partial charge in [-0.3, -0.25) is 0 Å². The van der Waals surface area contributed by atoms with Gasteiger partial charge in [0.15, 0.2) is 4.34 Å². The van der Waals surface area contributed by atoms with Crippen LogP contribution in [0.2, 0.25) is 0 Å². The molecule has 0 N–H and O–H groups in total. The Morgan fingerprint density at radius 2 is 2.55 bits per heavy atom. The van der Waals surface area contributed by atoms with Crippen LogP contribution in [0.3, 0.4) is 0 Å². The van der Waals surface area contributed by atoms with Crippen molar-refractivity contribution in [2.45, 2.75) is 4.34 Å². The van der Waals surface area contributed by atoms with E-state index in [-0.39, 0.29) is 0 Å². The second-order valence-electron chi connectivity index (χ2n) is 1.67. The Labute approximate surface area is 79.5 Å². The zero-order chi connectivity index (χ0) is 7.94. The Morgan fingerprint density at radius 3 is 3.18 bits per heavy atom. The fourth-order valence-corrected chi connectivity index (χ4v) is 2.00. The van der Waals surface area contributed by atoms with Crippen LogP contribution >= 0.6 is 35.7 Å². The monoisotopic (exact) mass is 204 g/mol. The molecule has 5 heteroatoms. The van der Waals surface area contributed by atoms with Crippen LogP contribution in [0.4, 0.5) is 0 Å². The van der Waals surface area contributed by atoms with E-state index in [4.69, 9.17) is 0 Å². The van der Waals surface area contributed by atoms with Gasteiger partial charge in [-0.25, -0.2) is 0 Å². The van der Waals surface area contributed by atoms with Crippen LogP contribution in [0.1, 0.15) is 0 Å². The quantitative estimate of drug-likeness (QED) is 0.462. The molecule has 0 aliphatic rings. The van der Waals surface area contributed by atoms with Gasteiger partial charge in [-0.05, 0) is 0 Å². The number of hydrogen-bond donors (Lipinski definition) is 1. The molecule has 0 aliphatic carbocycles. The van der Waals surface area contributed by atoms with Gasteiger partial charge in [0.1, 0.15) is 5.51 Å². The van der Waals surface area contributed by atoms with Gasteiger partial charge >= 0.3 is 0 Å². The molecule has 0 aromatic carbocycles. The fourth-order valence-electron chi connectivity index (χ4n) is 0.488. The maximum absolute atomic E-state index is 4.05. The zero-order valence-corrected chi connectivity index (χ0v) is 8.33. The van der Waals surface area contributed by atoms with E-state index in [0.29, 0.717) is 0 Å². The summed E-state index contributed by atoms with van der Waals surface area (Å²) in [7, 11) is 0. The molecular formula is C6H8N2S3. The van der Waals surface area contributed by atoms with Crippen molar-refractivity contribution in [1.29, 1.82) is 0 Å². The molecule has 0 unspecified atom stereocenters. The second kappa shape index (κ2) is 5.62. The first-order chi connectivity index (χ1) is 5.43. The van der Waals surface area contributed by atoms with Crippen molar-refractivity contribution in [2.24, 2.45) is 0 Å². The van der Waals surface area contributed by atoms with Crippen LogP contribution in [0, 0.1) is 0 Å². The van der Waals surface area contributed by atoms with Crippen LogP contribution in [-0.4, -0.2) is 21.7 Å². The molecule has 0 bridgehead atoms. The Bertz CT molecular complexity index is 208. The summed E-state index contributed by atoms with van der Waals surface area (Å²) in [6.45, 7) is 0. The third-order valence-electron chi connectivity index (χ3n) is 0.915. The van der Waals surface area contributed by atoms with Crippen LogP contribution in [0.5, 0.6) is 0 Å². The number of thiol groups is 1. The number of hydrogen-bond acceptors (Lipinski definition) is 5. The average molecular weight is 204 g/mol. The van der Waals surface area contributed by atoms with Gasteiger partial charge in [0, 0.05) is 11.5 Å². The summed E-state index contributed by atoms with van der Waals surface area (Å²) in [4.78, 5) is 0. The van der Waals surface area contributed by atoms with Crippen molar-refractivity contribution < 1.29 is 0 Å². The van der Waals surface area contributed by atoms with Crippen LogP contribution in [-0.2, 0) is 0 Å². The van der Waals surface area contributed by atoms with E-state index in [0.717, 1.165) is 15.8 Å². The van der Waals surface area contributed by atoms with E-state index < -0.39 is 0 Å². The molecule has 1 rings (SSSR count). The van der Waals surface area contributed by atoms with Gasteiger partial charge in [0.05, 0.1) is 0 Å². The molecule has 0 fully saturated rings. The largest absolute Gasteiger partial charge is 0.175 e. The van der Waals surface area contributed by atoms with E-state index in [1.165, 1.54) is 0 Å². The number of rotatable bonds is 4. The highest BCUT2D eigenvalue weighted by Gasteiger charge is 1.92. The lowest BCUT2D eigenvalue weighted by Gasteiger charge is -1.86. The lowest BCUT2D eigenvalue weighted by molar-refractivity contribution is 1.01. The molecule has 0 radical (unpaired) electrons. The second-order valence-corrected chi connectivity index (χ2v) is 4.14. The summed E-state index contributed by atoms with van der Waals surface area (Å²) >= 11 is 7.31. The molecular weight excluding hydrogens is 196 g/mol. The van der Waals surface area contributed by atoms with Gasteiger partial charge in [-0.2, -0.15) is 12.6 Å². The Kier molecular flexibility index (Phi) is 4.65. The van der Waals surface area contributed by atoms with Gasteiger partial charge < -0.3 is 0 Å². The highest BCUT2D eigenvalue weighted by molar-refractivity contribution is 8.01. The summed E-state index contributed by atoms with van der Waals surface area (Å²) in [6.07, 6.45) is 4.11. The third-order valence-corrected chi connectivity index (χ3v) is 2.94. The number of nitrogens with zero attached hydrogens (tertiary/aromatic N) is 2. The Balaban J connectivity index is 2.19. The van der Waals surface area contributed by atoms with Crippen molar-refractivity contribution in [2.75, 3.05) is 11.5 Å². The predicted octanol–water partition coefficient (Wildman–Crippen LogP) is 2.12. The van der Waals surface area contributed by atoms with E-state index in [1.54, 1.807) is 28.6 Å². The van der Waals surface area contributed by atoms with Crippen molar-refractivity contribution >= 4 is 35.7 Å². The van der Waals surface area contributed by atoms with Gasteiger partial charge in [-0.1, -0.05) is 35.3 Å². The van der Waals surface area contributed by atoms with Gasteiger partial charge in [-0.15, -0.1) is 10.2 Å². The summed E-state index contributed by atoms with van der Waals surface area (Å²) in [5.41, 5.74) is 1.74. The minimum Gasteiger partial charge on any atom is -0.175 e. The van der Waals surface area contributed by atoms with E-state index >= 15 is 0 Å². The molecule has 0 atom stereocenters. The van der Waals surface area contributed by atoms with Crippen LogP contribution < -0.4 is 0 Å². The maximum atomic E-state index is 4.05. The molecule has 0 aliphatic heterocycles. The molecule has 1 aromatic heterocycles. The Morgan fingerprint density at radius 1 is 1.64 bits per heavy atom.